The SMILES string of the molecule is C=C[C@@H](Nc1nc(=O)n(C)c2[nH]c(=O)c(C3(F)CCS(=N)(=O)CC3)cc12)c1cc(N)cc(C(F)(F)F)c1. The molecule has 1 aliphatic rings. The lowest BCUT2D eigenvalue weighted by atomic mass is 9.90. The van der Waals surface area contributed by atoms with E-state index in [0.29, 0.717) is 0 Å². The molecule has 1 fully saturated rings. The number of aromatic amines is 1. The van der Waals surface area contributed by atoms with Crippen molar-refractivity contribution in [3.8, 4) is 0 Å². The monoisotopic (exact) mass is 540 g/mol. The second kappa shape index (κ2) is 9.01. The lowest BCUT2D eigenvalue weighted by Gasteiger charge is -2.30. The Balaban J connectivity index is 1.85. The smallest absolute Gasteiger partial charge is 0.399 e. The summed E-state index contributed by atoms with van der Waals surface area (Å²) >= 11 is 0. The lowest BCUT2D eigenvalue weighted by molar-refractivity contribution is -0.137. The normalized spacial score (nSPS) is 23.1. The van der Waals surface area contributed by atoms with Gasteiger partial charge >= 0.3 is 11.9 Å². The van der Waals surface area contributed by atoms with E-state index in [2.05, 4.69) is 21.9 Å². The van der Waals surface area contributed by atoms with Crippen molar-refractivity contribution < 1.29 is 21.8 Å². The van der Waals surface area contributed by atoms with Crippen molar-refractivity contribution in [3.63, 3.8) is 0 Å². The molecule has 3 aromatic rings. The summed E-state index contributed by atoms with van der Waals surface area (Å²) < 4.78 is 76.6. The summed E-state index contributed by atoms with van der Waals surface area (Å²) in [6.45, 7) is 3.65. The van der Waals surface area contributed by atoms with Crippen LogP contribution >= 0.6 is 0 Å². The zero-order valence-electron chi connectivity index (χ0n) is 19.6. The molecular formula is C23H24F4N6O3S. The molecule has 1 aromatic carbocycles. The van der Waals surface area contributed by atoms with Crippen LogP contribution in [0.5, 0.6) is 0 Å². The second-order valence-corrected chi connectivity index (χ2v) is 11.4. The molecule has 3 heterocycles. The number of halogens is 4. The molecule has 9 nitrogen and oxygen atoms in total. The Morgan fingerprint density at radius 2 is 1.92 bits per heavy atom. The van der Waals surface area contributed by atoms with Gasteiger partial charge in [0.25, 0.3) is 5.56 Å². The van der Waals surface area contributed by atoms with Gasteiger partial charge in [0.15, 0.2) is 0 Å². The van der Waals surface area contributed by atoms with Gasteiger partial charge in [0.2, 0.25) is 0 Å². The molecule has 198 valence electrons. The van der Waals surface area contributed by atoms with E-state index in [1.54, 1.807) is 0 Å². The van der Waals surface area contributed by atoms with Crippen molar-refractivity contribution in [2.45, 2.75) is 30.7 Å². The van der Waals surface area contributed by atoms with E-state index in [1.165, 1.54) is 25.3 Å². The summed E-state index contributed by atoms with van der Waals surface area (Å²) in [5.74, 6) is -0.555. The first kappa shape index (κ1) is 26.4. The molecule has 0 spiro atoms. The molecule has 5 N–H and O–H groups in total. The number of benzene rings is 1. The van der Waals surface area contributed by atoms with Crippen LogP contribution in [0.4, 0.5) is 29.1 Å². The van der Waals surface area contributed by atoms with Gasteiger partial charge in [-0.25, -0.2) is 13.4 Å². The Labute approximate surface area is 208 Å². The molecule has 0 unspecified atom stereocenters. The van der Waals surface area contributed by atoms with Gasteiger partial charge in [-0.15, -0.1) is 6.58 Å². The minimum atomic E-state index is -4.66. The van der Waals surface area contributed by atoms with E-state index >= 15 is 4.39 Å². The molecule has 1 atom stereocenters. The number of aryl methyl sites for hydroxylation is 1. The molecule has 14 heteroatoms. The topological polar surface area (TPSA) is 147 Å². The predicted molar refractivity (Wildman–Crippen MR) is 133 cm³/mol. The number of nitrogens with two attached hydrogens (primary N) is 1. The van der Waals surface area contributed by atoms with Crippen LogP contribution in [-0.4, -0.2) is 30.2 Å². The lowest BCUT2D eigenvalue weighted by Crippen LogP contribution is -2.37. The van der Waals surface area contributed by atoms with Crippen molar-refractivity contribution in [3.05, 3.63) is 74.4 Å². The third kappa shape index (κ3) is 5.10. The average Bonchev–Trinajstić information content (AvgIpc) is 2.81. The van der Waals surface area contributed by atoms with E-state index in [9.17, 15) is 27.0 Å². The number of nitrogens with zero attached hydrogens (tertiary/aromatic N) is 2. The molecule has 37 heavy (non-hydrogen) atoms. The molecular weight excluding hydrogens is 516 g/mol. The fraction of sp³-hybridized carbons (Fsp3) is 0.348. The maximum absolute atomic E-state index is 15.9. The van der Waals surface area contributed by atoms with Crippen molar-refractivity contribution in [2.24, 2.45) is 7.05 Å². The molecule has 0 saturated carbocycles. The highest BCUT2D eigenvalue weighted by molar-refractivity contribution is 7.92. The van der Waals surface area contributed by atoms with Gasteiger partial charge in [0.05, 0.1) is 22.6 Å². The molecule has 2 aromatic heterocycles. The molecule has 1 saturated heterocycles. The quantitative estimate of drug-likeness (QED) is 0.221. The number of hydrogen-bond acceptors (Lipinski definition) is 7. The summed E-state index contributed by atoms with van der Waals surface area (Å²) in [5, 5.41) is 2.97. The van der Waals surface area contributed by atoms with Gasteiger partial charge < -0.3 is 16.0 Å². The number of fused-ring (bicyclic) bond motifs is 1. The Hall–Kier alpha value is -3.68. The van der Waals surface area contributed by atoms with E-state index in [1.807, 2.05) is 0 Å². The van der Waals surface area contributed by atoms with Gasteiger partial charge in [-0.05, 0) is 42.7 Å². The minimum Gasteiger partial charge on any atom is -0.399 e. The summed E-state index contributed by atoms with van der Waals surface area (Å²) in [6.07, 6.45) is -3.97. The third-order valence-electron chi connectivity index (χ3n) is 6.44. The number of anilines is 2. The van der Waals surface area contributed by atoms with Crippen molar-refractivity contribution >= 4 is 32.3 Å². The highest BCUT2D eigenvalue weighted by atomic mass is 32.2. The first-order valence-electron chi connectivity index (χ1n) is 11.1. The van der Waals surface area contributed by atoms with Crippen LogP contribution in [0.15, 0.2) is 46.5 Å². The first-order valence-corrected chi connectivity index (χ1v) is 13.0. The number of hydrogen-bond donors (Lipinski definition) is 4. The van der Waals surface area contributed by atoms with Gasteiger partial charge in [-0.1, -0.05) is 6.08 Å². The summed E-state index contributed by atoms with van der Waals surface area (Å²) in [6, 6.07) is 3.20. The van der Waals surface area contributed by atoms with Gasteiger partial charge in [0, 0.05) is 34.0 Å². The van der Waals surface area contributed by atoms with Crippen LogP contribution < -0.4 is 22.3 Å². The number of aromatic nitrogens is 3. The van der Waals surface area contributed by atoms with E-state index in [4.69, 9.17) is 10.5 Å². The largest absolute Gasteiger partial charge is 0.416 e. The first-order chi connectivity index (χ1) is 17.1. The Bertz CT molecular complexity index is 1610. The zero-order valence-corrected chi connectivity index (χ0v) is 20.4. The van der Waals surface area contributed by atoms with E-state index in [0.717, 1.165) is 16.7 Å². The molecule has 0 amide bonds. The molecule has 0 bridgehead atoms. The second-order valence-electron chi connectivity index (χ2n) is 9.01. The van der Waals surface area contributed by atoms with Crippen molar-refractivity contribution in [1.29, 1.82) is 4.78 Å². The predicted octanol–water partition coefficient (Wildman–Crippen LogP) is 3.57. The Kier molecular flexibility index (Phi) is 6.42. The van der Waals surface area contributed by atoms with Crippen LogP contribution in [-0.2, 0) is 28.6 Å². The number of nitrogen functional groups attached to an aromatic ring is 1. The Morgan fingerprint density at radius 3 is 2.51 bits per heavy atom. The molecule has 0 radical (unpaired) electrons. The maximum Gasteiger partial charge on any atom is 0.416 e. The number of H-pyrrole nitrogens is 1. The molecule has 1 aliphatic heterocycles. The van der Waals surface area contributed by atoms with Crippen LogP contribution in [0, 0.1) is 4.78 Å². The molecule has 0 aliphatic carbocycles. The van der Waals surface area contributed by atoms with Crippen LogP contribution in [0.2, 0.25) is 0 Å². The number of rotatable bonds is 5. The van der Waals surface area contributed by atoms with Gasteiger partial charge in [-0.3, -0.25) is 14.1 Å². The standard InChI is InChI=1S/C23H24F4N6O3S/c1-3-17(12-8-13(23(25,26)27)10-14(28)9-12)30-18-15-11-16(22(24)4-6-37(29,36)7-5-22)20(34)32-19(15)33(2)21(35)31-18/h3,8-11,17,29H,1,4-7,28H2,2H3,(H,32,34)(H,30,31,35)/t17-,22?,37?/m1/s1. The van der Waals surface area contributed by atoms with E-state index < -0.39 is 44.4 Å². The minimum absolute atomic E-state index is 0.00585. The van der Waals surface area contributed by atoms with Gasteiger partial charge in [-0.2, -0.15) is 18.2 Å². The Morgan fingerprint density at radius 1 is 1.27 bits per heavy atom. The van der Waals surface area contributed by atoms with Crippen molar-refractivity contribution in [2.75, 3.05) is 22.6 Å². The highest BCUT2D eigenvalue weighted by Crippen LogP contribution is 2.38. The highest BCUT2D eigenvalue weighted by Gasteiger charge is 2.40. The fourth-order valence-electron chi connectivity index (χ4n) is 4.33. The van der Waals surface area contributed by atoms with Crippen LogP contribution in [0.1, 0.15) is 35.6 Å². The summed E-state index contributed by atoms with van der Waals surface area (Å²) in [5.41, 5.74) is 0.621. The number of alkyl halides is 4. The number of pyridine rings is 1. The third-order valence-corrected chi connectivity index (χ3v) is 8.16. The average molecular weight is 541 g/mol. The van der Waals surface area contributed by atoms with Crippen LogP contribution in [0.3, 0.4) is 0 Å². The van der Waals surface area contributed by atoms with Crippen molar-refractivity contribution in [1.82, 2.24) is 14.5 Å². The van der Waals surface area contributed by atoms with Gasteiger partial charge in [0.1, 0.15) is 17.1 Å². The van der Waals surface area contributed by atoms with Crippen LogP contribution in [0.25, 0.3) is 11.0 Å². The van der Waals surface area contributed by atoms with E-state index in [-0.39, 0.29) is 58.0 Å². The summed E-state index contributed by atoms with van der Waals surface area (Å²) in [7, 11) is -1.59. The molecule has 4 rings (SSSR count). The fourth-order valence-corrected chi connectivity index (χ4v) is 5.84. The maximum atomic E-state index is 15.9. The zero-order chi connectivity index (χ0) is 27.3. The summed E-state index contributed by atoms with van der Waals surface area (Å²) in [4.78, 5) is 31.8. The number of nitrogens with one attached hydrogen (secondary N) is 3.